The minimum Gasteiger partial charge on any atom is -0.659 e. The number of hydrogen-bond acceptors (Lipinski definition) is 4. The van der Waals surface area contributed by atoms with Crippen LogP contribution >= 0.6 is 0 Å². The molecule has 2 unspecified atom stereocenters. The minimum atomic E-state index is -2.76. The smallest absolute Gasteiger partial charge is 0.659 e. The topological polar surface area (TPSA) is 82.4 Å². The van der Waals surface area contributed by atoms with Gasteiger partial charge in [-0.05, 0) is 12.2 Å². The van der Waals surface area contributed by atoms with Crippen LogP contribution in [0.3, 0.4) is 0 Å². The summed E-state index contributed by atoms with van der Waals surface area (Å²) in [7, 11) is -5.52. The first kappa shape index (κ1) is 18.6. The van der Waals surface area contributed by atoms with Crippen molar-refractivity contribution in [3.05, 3.63) is 53.2 Å². The molecule has 0 aliphatic heterocycles. The molecule has 0 spiro atoms. The summed E-state index contributed by atoms with van der Waals surface area (Å²) >= 11 is 0. The minimum absolute atomic E-state index is 0. The van der Waals surface area contributed by atoms with Gasteiger partial charge < -0.3 is 5.32 Å². The van der Waals surface area contributed by atoms with Crippen molar-refractivity contribution in [2.24, 2.45) is 0 Å². The summed E-state index contributed by atoms with van der Waals surface area (Å²) in [6.45, 7) is 0. The fraction of sp³-hybridized carbons (Fsp3) is 0.167. The standard InChI is InChI=1S/C12H8F2NO4S2.Li/c13-11-7(3-1-5-9(11)20(16)17)15-8-4-2-6-10(12(8)14)21(18)19;/h1-6,11-12H;/q-1;+1. The fourth-order valence-corrected chi connectivity index (χ4v) is 2.69. The van der Waals surface area contributed by atoms with Gasteiger partial charge in [-0.15, -0.1) is 11.4 Å². The largest absolute Gasteiger partial charge is 1.00 e. The Bertz CT molecular complexity index is 779. The number of alkyl halides is 2. The van der Waals surface area contributed by atoms with Gasteiger partial charge in [0.25, 0.3) is 0 Å². The molecule has 0 fully saturated rings. The summed E-state index contributed by atoms with van der Waals surface area (Å²) in [5.74, 6) is 0. The van der Waals surface area contributed by atoms with Crippen LogP contribution in [0.15, 0.2) is 47.9 Å². The molecule has 0 heterocycles. The summed E-state index contributed by atoms with van der Waals surface area (Å²) < 4.78 is 71.2. The Kier molecular flexibility index (Phi) is 6.56. The quantitative estimate of drug-likeness (QED) is 0.433. The number of halogens is 2. The molecule has 0 amide bonds. The molecule has 112 valence electrons. The van der Waals surface area contributed by atoms with Crippen LogP contribution in [-0.2, 0) is 20.6 Å². The Morgan fingerprint density at radius 3 is 1.50 bits per heavy atom. The first-order chi connectivity index (χ1) is 9.91. The second kappa shape index (κ2) is 7.74. The van der Waals surface area contributed by atoms with E-state index in [1.165, 1.54) is 24.3 Å². The molecule has 0 radical (unpaired) electrons. The van der Waals surface area contributed by atoms with E-state index < -0.39 is 42.7 Å². The van der Waals surface area contributed by atoms with Gasteiger partial charge in [0.1, 0.15) is 22.1 Å². The van der Waals surface area contributed by atoms with Crippen LogP contribution in [0.4, 0.5) is 8.78 Å². The van der Waals surface area contributed by atoms with Gasteiger partial charge in [0.2, 0.25) is 20.6 Å². The molecule has 5 nitrogen and oxygen atoms in total. The van der Waals surface area contributed by atoms with Crippen molar-refractivity contribution in [1.29, 1.82) is 0 Å². The molecule has 22 heavy (non-hydrogen) atoms. The average Bonchev–Trinajstić information content (AvgIpc) is 2.42. The van der Waals surface area contributed by atoms with Crippen LogP contribution in [0.25, 0.3) is 5.32 Å². The normalized spacial score (nSPS) is 23.4. The van der Waals surface area contributed by atoms with Crippen LogP contribution in [0.1, 0.15) is 0 Å². The van der Waals surface area contributed by atoms with Crippen molar-refractivity contribution in [3.63, 3.8) is 0 Å². The Hall–Kier alpha value is -1.40. The van der Waals surface area contributed by atoms with Gasteiger partial charge in [0.15, 0.2) is 0 Å². The third kappa shape index (κ3) is 3.87. The van der Waals surface area contributed by atoms with E-state index in [1.54, 1.807) is 0 Å². The Morgan fingerprint density at radius 2 is 1.18 bits per heavy atom. The Labute approximate surface area is 140 Å². The second-order valence-corrected chi connectivity index (χ2v) is 5.89. The SMILES string of the molecule is O=S(=O)=C1C=CC=C([N-]C2=CC=CC(=S(=O)=O)C2F)C1F.[Li+]. The van der Waals surface area contributed by atoms with Crippen LogP contribution < -0.4 is 18.9 Å². The van der Waals surface area contributed by atoms with E-state index in [-0.39, 0.29) is 30.3 Å². The zero-order chi connectivity index (χ0) is 15.6. The summed E-state index contributed by atoms with van der Waals surface area (Å²) in [4.78, 5) is -1.04. The van der Waals surface area contributed by atoms with Gasteiger partial charge in [0, 0.05) is 0 Å². The molecular formula is C12H8F2LiNO4S2. The fourth-order valence-electron chi connectivity index (χ4n) is 1.73. The average molecular weight is 339 g/mol. The molecule has 0 bridgehead atoms. The summed E-state index contributed by atoms with van der Waals surface area (Å²) in [5.41, 5.74) is -0.617. The van der Waals surface area contributed by atoms with Gasteiger partial charge in [-0.2, -0.15) is 16.8 Å². The molecule has 0 saturated heterocycles. The molecule has 2 atom stereocenters. The van der Waals surface area contributed by atoms with Gasteiger partial charge in [-0.3, -0.25) is 0 Å². The van der Waals surface area contributed by atoms with Crippen molar-refractivity contribution in [2.75, 3.05) is 0 Å². The molecule has 2 aliphatic rings. The maximum atomic E-state index is 14.0. The van der Waals surface area contributed by atoms with E-state index in [9.17, 15) is 25.6 Å². The van der Waals surface area contributed by atoms with E-state index in [0.29, 0.717) is 0 Å². The first-order valence-electron chi connectivity index (χ1n) is 5.60. The van der Waals surface area contributed by atoms with Crippen LogP contribution in [0.5, 0.6) is 0 Å². The Balaban J connectivity index is 0.00000242. The van der Waals surface area contributed by atoms with E-state index in [2.05, 4.69) is 5.32 Å². The maximum Gasteiger partial charge on any atom is 1.00 e. The van der Waals surface area contributed by atoms with Gasteiger partial charge in [-0.1, -0.05) is 24.3 Å². The third-order valence-electron chi connectivity index (χ3n) is 2.72. The van der Waals surface area contributed by atoms with Gasteiger partial charge in [-0.25, -0.2) is 8.78 Å². The third-order valence-corrected chi connectivity index (χ3v) is 4.17. The summed E-state index contributed by atoms with van der Waals surface area (Å²) in [6, 6.07) is 0. The van der Waals surface area contributed by atoms with E-state index in [4.69, 9.17) is 0 Å². The molecule has 0 aromatic carbocycles. The van der Waals surface area contributed by atoms with Crippen molar-refractivity contribution >= 4 is 30.3 Å². The number of hydrogen-bond donors (Lipinski definition) is 0. The number of allylic oxidation sites excluding steroid dienone is 8. The van der Waals surface area contributed by atoms with Crippen molar-refractivity contribution in [2.45, 2.75) is 12.3 Å². The van der Waals surface area contributed by atoms with Gasteiger partial charge in [0.05, 0.1) is 0 Å². The molecule has 0 saturated carbocycles. The summed E-state index contributed by atoms with van der Waals surface area (Å²) in [6.07, 6.45) is 3.02. The van der Waals surface area contributed by atoms with E-state index in [0.717, 1.165) is 12.2 Å². The van der Waals surface area contributed by atoms with Crippen LogP contribution in [0.2, 0.25) is 0 Å². The molecule has 0 aromatic rings. The zero-order valence-electron chi connectivity index (χ0n) is 11.3. The maximum absolute atomic E-state index is 14.0. The van der Waals surface area contributed by atoms with Crippen molar-refractivity contribution < 1.29 is 44.5 Å². The van der Waals surface area contributed by atoms with Gasteiger partial charge >= 0.3 is 18.9 Å². The number of nitrogens with zero attached hydrogens (tertiary/aromatic N) is 1. The van der Waals surface area contributed by atoms with E-state index >= 15 is 0 Å². The Morgan fingerprint density at radius 1 is 0.818 bits per heavy atom. The zero-order valence-corrected chi connectivity index (χ0v) is 12.9. The molecule has 2 aliphatic carbocycles. The van der Waals surface area contributed by atoms with Crippen molar-refractivity contribution in [3.8, 4) is 0 Å². The predicted octanol–water partition coefficient (Wildman–Crippen LogP) is -1.95. The monoisotopic (exact) mass is 339 g/mol. The molecule has 2 rings (SSSR count). The molecule has 0 aromatic heterocycles. The second-order valence-electron chi connectivity index (χ2n) is 4.01. The van der Waals surface area contributed by atoms with Crippen molar-refractivity contribution in [1.82, 2.24) is 0 Å². The van der Waals surface area contributed by atoms with Crippen LogP contribution in [0, 0.1) is 0 Å². The molecule has 10 heteroatoms. The first-order valence-corrected chi connectivity index (χ1v) is 7.75. The van der Waals surface area contributed by atoms with E-state index in [1.807, 2.05) is 0 Å². The summed E-state index contributed by atoms with van der Waals surface area (Å²) in [5, 5.41) is 3.70. The van der Waals surface area contributed by atoms with Crippen LogP contribution in [-0.4, -0.2) is 38.9 Å². The number of rotatable bonds is 2. The molecule has 0 N–H and O–H groups in total. The predicted molar refractivity (Wildman–Crippen MR) is 75.5 cm³/mol. The molecular weight excluding hydrogens is 331 g/mol.